The molecule has 0 amide bonds. The van der Waals surface area contributed by atoms with Crippen LogP contribution in [0.4, 0.5) is 5.69 Å². The van der Waals surface area contributed by atoms with Gasteiger partial charge in [-0.3, -0.25) is 0 Å². The molecule has 1 fully saturated rings. The van der Waals surface area contributed by atoms with Crippen LogP contribution in [0.2, 0.25) is 0 Å². The summed E-state index contributed by atoms with van der Waals surface area (Å²) < 4.78 is 0.504. The highest BCUT2D eigenvalue weighted by Gasteiger charge is 2.35. The first kappa shape index (κ1) is 13.2. The minimum absolute atomic E-state index is 0.504. The van der Waals surface area contributed by atoms with E-state index in [-0.39, 0.29) is 0 Å². The lowest BCUT2D eigenvalue weighted by atomic mass is 9.84. The lowest BCUT2D eigenvalue weighted by molar-refractivity contribution is 0.380. The van der Waals surface area contributed by atoms with E-state index in [0.717, 1.165) is 12.3 Å². The smallest absolute Gasteiger partial charge is 0.0478 e. The molecule has 17 heavy (non-hydrogen) atoms. The molecule has 2 rings (SSSR count). The van der Waals surface area contributed by atoms with Crippen molar-refractivity contribution >= 4 is 29.2 Å². The second kappa shape index (κ2) is 6.05. The molecule has 0 radical (unpaired) electrons. The molecule has 0 aliphatic heterocycles. The van der Waals surface area contributed by atoms with Gasteiger partial charge in [0, 0.05) is 21.9 Å². The number of anilines is 1. The maximum absolute atomic E-state index is 3.65. The summed E-state index contributed by atoms with van der Waals surface area (Å²) in [6, 6.07) is 8.65. The van der Waals surface area contributed by atoms with Crippen molar-refractivity contribution in [2.24, 2.45) is 0 Å². The van der Waals surface area contributed by atoms with Gasteiger partial charge in [0.15, 0.2) is 0 Å². The number of benzene rings is 1. The Morgan fingerprint density at radius 2 is 2.06 bits per heavy atom. The number of para-hydroxylation sites is 1. The number of rotatable bonds is 6. The summed E-state index contributed by atoms with van der Waals surface area (Å²) in [5.74, 6) is 1.13. The standard InChI is InChI=1S/C14H21NS2/c1-3-17-13-8-5-4-7-12(13)15-11-14(16-2)9-6-10-14/h4-5,7-8,15H,3,6,9-11H2,1-2H3. The summed E-state index contributed by atoms with van der Waals surface area (Å²) in [5.41, 5.74) is 1.31. The fraction of sp³-hybridized carbons (Fsp3) is 0.571. The predicted octanol–water partition coefficient (Wildman–Crippen LogP) is 4.50. The monoisotopic (exact) mass is 267 g/mol. The van der Waals surface area contributed by atoms with Crippen LogP contribution in [-0.2, 0) is 0 Å². The molecule has 1 aliphatic rings. The zero-order valence-electron chi connectivity index (χ0n) is 10.7. The molecule has 0 aromatic heterocycles. The maximum Gasteiger partial charge on any atom is 0.0478 e. The number of hydrogen-bond donors (Lipinski definition) is 1. The van der Waals surface area contributed by atoms with Crippen molar-refractivity contribution in [3.05, 3.63) is 24.3 Å². The van der Waals surface area contributed by atoms with Gasteiger partial charge in [-0.15, -0.1) is 11.8 Å². The van der Waals surface area contributed by atoms with Gasteiger partial charge < -0.3 is 5.32 Å². The van der Waals surface area contributed by atoms with Gasteiger partial charge in [-0.2, -0.15) is 11.8 Å². The SMILES string of the molecule is CCSc1ccccc1NCC1(SC)CCC1. The van der Waals surface area contributed by atoms with Crippen molar-refractivity contribution in [2.45, 2.75) is 35.8 Å². The first-order valence-electron chi connectivity index (χ1n) is 6.30. The van der Waals surface area contributed by atoms with Gasteiger partial charge in [-0.1, -0.05) is 25.5 Å². The van der Waals surface area contributed by atoms with Crippen LogP contribution in [0.5, 0.6) is 0 Å². The van der Waals surface area contributed by atoms with E-state index in [1.807, 2.05) is 23.5 Å². The molecule has 1 aromatic rings. The minimum Gasteiger partial charge on any atom is -0.383 e. The van der Waals surface area contributed by atoms with Crippen LogP contribution in [0.15, 0.2) is 29.2 Å². The Morgan fingerprint density at radius 3 is 2.65 bits per heavy atom. The van der Waals surface area contributed by atoms with Crippen molar-refractivity contribution in [3.8, 4) is 0 Å². The molecule has 0 saturated heterocycles. The zero-order valence-corrected chi connectivity index (χ0v) is 12.3. The number of thioether (sulfide) groups is 2. The molecular formula is C14H21NS2. The summed E-state index contributed by atoms with van der Waals surface area (Å²) in [4.78, 5) is 1.38. The molecule has 94 valence electrons. The Morgan fingerprint density at radius 1 is 1.29 bits per heavy atom. The third-order valence-electron chi connectivity index (χ3n) is 3.49. The quantitative estimate of drug-likeness (QED) is 0.762. The van der Waals surface area contributed by atoms with Crippen LogP contribution >= 0.6 is 23.5 Å². The third kappa shape index (κ3) is 3.14. The van der Waals surface area contributed by atoms with Crippen LogP contribution in [0.3, 0.4) is 0 Å². The van der Waals surface area contributed by atoms with Crippen molar-refractivity contribution in [1.29, 1.82) is 0 Å². The van der Waals surface area contributed by atoms with Crippen molar-refractivity contribution in [2.75, 3.05) is 23.9 Å². The molecule has 1 saturated carbocycles. The second-order valence-electron chi connectivity index (χ2n) is 4.52. The van der Waals surface area contributed by atoms with E-state index in [4.69, 9.17) is 0 Å². The largest absolute Gasteiger partial charge is 0.383 e. The average Bonchev–Trinajstić information content (AvgIpc) is 2.31. The molecule has 0 atom stereocenters. The molecule has 0 unspecified atom stereocenters. The highest BCUT2D eigenvalue weighted by molar-refractivity contribution is 8.00. The Kier molecular flexibility index (Phi) is 4.69. The van der Waals surface area contributed by atoms with Crippen LogP contribution in [-0.4, -0.2) is 23.3 Å². The Hall–Kier alpha value is -0.280. The van der Waals surface area contributed by atoms with E-state index in [2.05, 4.69) is 42.8 Å². The van der Waals surface area contributed by atoms with E-state index >= 15 is 0 Å². The van der Waals surface area contributed by atoms with Gasteiger partial charge >= 0.3 is 0 Å². The molecular weight excluding hydrogens is 246 g/mol. The third-order valence-corrected chi connectivity index (χ3v) is 5.86. The fourth-order valence-electron chi connectivity index (χ4n) is 2.17. The number of nitrogens with one attached hydrogen (secondary N) is 1. The molecule has 1 nitrogen and oxygen atoms in total. The Balaban J connectivity index is 1.98. The van der Waals surface area contributed by atoms with E-state index in [1.54, 1.807) is 0 Å². The van der Waals surface area contributed by atoms with Gasteiger partial charge in [0.2, 0.25) is 0 Å². The number of hydrogen-bond acceptors (Lipinski definition) is 3. The molecule has 0 spiro atoms. The van der Waals surface area contributed by atoms with Crippen LogP contribution in [0.1, 0.15) is 26.2 Å². The minimum atomic E-state index is 0.504. The Labute approximate surface area is 113 Å². The van der Waals surface area contributed by atoms with Gasteiger partial charge in [-0.05, 0) is 37.0 Å². The van der Waals surface area contributed by atoms with E-state index in [0.29, 0.717) is 4.75 Å². The Bertz CT molecular complexity index is 355. The summed E-state index contributed by atoms with van der Waals surface area (Å²) in [5, 5.41) is 3.65. The van der Waals surface area contributed by atoms with Gasteiger partial charge in [-0.25, -0.2) is 0 Å². The van der Waals surface area contributed by atoms with Gasteiger partial charge in [0.05, 0.1) is 0 Å². The lowest BCUT2D eigenvalue weighted by Gasteiger charge is -2.40. The topological polar surface area (TPSA) is 12.0 Å². The molecule has 1 aliphatic carbocycles. The molecule has 1 N–H and O–H groups in total. The summed E-state index contributed by atoms with van der Waals surface area (Å²) in [6.45, 7) is 3.31. The van der Waals surface area contributed by atoms with E-state index in [1.165, 1.54) is 29.8 Å². The maximum atomic E-state index is 3.65. The first-order valence-corrected chi connectivity index (χ1v) is 8.51. The van der Waals surface area contributed by atoms with Crippen LogP contribution in [0, 0.1) is 0 Å². The summed E-state index contributed by atoms with van der Waals surface area (Å²) in [7, 11) is 0. The highest BCUT2D eigenvalue weighted by Crippen LogP contribution is 2.43. The van der Waals surface area contributed by atoms with Gasteiger partial charge in [0.1, 0.15) is 0 Å². The average molecular weight is 267 g/mol. The zero-order chi connectivity index (χ0) is 12.1. The summed E-state index contributed by atoms with van der Waals surface area (Å²) in [6.07, 6.45) is 6.37. The van der Waals surface area contributed by atoms with E-state index in [9.17, 15) is 0 Å². The van der Waals surface area contributed by atoms with Crippen molar-refractivity contribution in [3.63, 3.8) is 0 Å². The molecule has 0 bridgehead atoms. The highest BCUT2D eigenvalue weighted by atomic mass is 32.2. The van der Waals surface area contributed by atoms with Gasteiger partial charge in [0.25, 0.3) is 0 Å². The van der Waals surface area contributed by atoms with Crippen molar-refractivity contribution in [1.82, 2.24) is 0 Å². The molecule has 0 heterocycles. The predicted molar refractivity (Wildman–Crippen MR) is 81.4 cm³/mol. The molecule has 3 heteroatoms. The van der Waals surface area contributed by atoms with Crippen LogP contribution < -0.4 is 5.32 Å². The second-order valence-corrected chi connectivity index (χ2v) is 7.10. The summed E-state index contributed by atoms with van der Waals surface area (Å²) >= 11 is 3.94. The van der Waals surface area contributed by atoms with Crippen LogP contribution in [0.25, 0.3) is 0 Å². The normalized spacial score (nSPS) is 17.5. The molecule has 1 aromatic carbocycles. The first-order chi connectivity index (χ1) is 8.29. The van der Waals surface area contributed by atoms with Crippen molar-refractivity contribution < 1.29 is 0 Å². The fourth-order valence-corrected chi connectivity index (χ4v) is 3.87. The van der Waals surface area contributed by atoms with E-state index < -0.39 is 0 Å². The lowest BCUT2D eigenvalue weighted by Crippen LogP contribution is -2.40.